The second-order valence-electron chi connectivity index (χ2n) is 4.32. The van der Waals surface area contributed by atoms with Crippen LogP contribution in [0.3, 0.4) is 0 Å². The molecule has 0 aliphatic carbocycles. The number of hydrogen-bond donors (Lipinski definition) is 0. The van der Waals surface area contributed by atoms with Crippen LogP contribution in [0.4, 0.5) is 4.39 Å². The van der Waals surface area contributed by atoms with E-state index in [0.29, 0.717) is 17.4 Å². The monoisotopic (exact) mass is 254 g/mol. The zero-order valence-corrected chi connectivity index (χ0v) is 10.1. The Morgan fingerprint density at radius 2 is 1.89 bits per heavy atom. The summed E-state index contributed by atoms with van der Waals surface area (Å²) in [6.45, 7) is 0.458. The summed E-state index contributed by atoms with van der Waals surface area (Å²) < 4.78 is 14.6. The molecule has 3 rings (SSSR count). The number of aromatic nitrogens is 2. The fraction of sp³-hybridized carbons (Fsp3) is 0.0667. The van der Waals surface area contributed by atoms with Gasteiger partial charge in [0.1, 0.15) is 5.82 Å². The maximum Gasteiger partial charge on any atom is 0.261 e. The summed E-state index contributed by atoms with van der Waals surface area (Å²) in [7, 11) is 0. The molecule has 3 nitrogen and oxygen atoms in total. The molecule has 94 valence electrons. The third-order valence-electron chi connectivity index (χ3n) is 2.98. The average Bonchev–Trinajstić information content (AvgIpc) is 2.43. The van der Waals surface area contributed by atoms with Crippen LogP contribution in [0.15, 0.2) is 59.7 Å². The fourth-order valence-electron chi connectivity index (χ4n) is 2.02. The van der Waals surface area contributed by atoms with Gasteiger partial charge in [0.2, 0.25) is 0 Å². The molecular formula is C15H11FN2O. The zero-order chi connectivity index (χ0) is 13.2. The van der Waals surface area contributed by atoms with Crippen molar-refractivity contribution in [2.24, 2.45) is 0 Å². The van der Waals surface area contributed by atoms with Gasteiger partial charge in [-0.25, -0.2) is 9.37 Å². The van der Waals surface area contributed by atoms with Gasteiger partial charge in [-0.2, -0.15) is 0 Å². The van der Waals surface area contributed by atoms with Gasteiger partial charge in [0, 0.05) is 6.07 Å². The molecule has 0 atom stereocenters. The van der Waals surface area contributed by atoms with Gasteiger partial charge in [0.25, 0.3) is 5.56 Å². The first kappa shape index (κ1) is 11.6. The molecule has 1 aromatic heterocycles. The van der Waals surface area contributed by atoms with E-state index in [0.717, 1.165) is 5.56 Å². The Hall–Kier alpha value is -2.49. The van der Waals surface area contributed by atoms with Crippen LogP contribution < -0.4 is 5.56 Å². The summed E-state index contributed by atoms with van der Waals surface area (Å²) in [5.74, 6) is -0.389. The van der Waals surface area contributed by atoms with Crippen molar-refractivity contribution in [1.29, 1.82) is 0 Å². The summed E-state index contributed by atoms with van der Waals surface area (Å²) in [5, 5.41) is 0.430. The Balaban J connectivity index is 2.08. The number of fused-ring (bicyclic) bond motifs is 1. The van der Waals surface area contributed by atoms with E-state index in [1.165, 1.54) is 29.1 Å². The van der Waals surface area contributed by atoms with Gasteiger partial charge < -0.3 is 0 Å². The maximum atomic E-state index is 13.1. The quantitative estimate of drug-likeness (QED) is 0.704. The van der Waals surface area contributed by atoms with Crippen LogP contribution in [-0.2, 0) is 6.54 Å². The molecule has 2 aromatic carbocycles. The lowest BCUT2D eigenvalue weighted by Crippen LogP contribution is -2.21. The molecule has 4 heteroatoms. The molecule has 0 spiro atoms. The van der Waals surface area contributed by atoms with Gasteiger partial charge in [-0.05, 0) is 17.7 Å². The highest BCUT2D eigenvalue weighted by Crippen LogP contribution is 2.09. The SMILES string of the molecule is O=c1c2ccc(F)cc2ncn1Cc1ccccc1. The van der Waals surface area contributed by atoms with Gasteiger partial charge >= 0.3 is 0 Å². The van der Waals surface area contributed by atoms with Crippen molar-refractivity contribution in [3.63, 3.8) is 0 Å². The number of hydrogen-bond acceptors (Lipinski definition) is 2. The van der Waals surface area contributed by atoms with Crippen LogP contribution in [0, 0.1) is 5.82 Å². The number of nitrogens with zero attached hydrogens (tertiary/aromatic N) is 2. The highest BCUT2D eigenvalue weighted by molar-refractivity contribution is 5.77. The molecule has 0 amide bonds. The number of benzene rings is 2. The Labute approximate surface area is 109 Å². The lowest BCUT2D eigenvalue weighted by Gasteiger charge is -2.06. The highest BCUT2D eigenvalue weighted by atomic mass is 19.1. The average molecular weight is 254 g/mol. The normalized spacial score (nSPS) is 10.8. The summed E-state index contributed by atoms with van der Waals surface area (Å²) in [6.07, 6.45) is 1.46. The molecule has 3 aromatic rings. The fourth-order valence-corrected chi connectivity index (χ4v) is 2.02. The minimum absolute atomic E-state index is 0.158. The van der Waals surface area contributed by atoms with Crippen molar-refractivity contribution < 1.29 is 4.39 Å². The van der Waals surface area contributed by atoms with Crippen LogP contribution >= 0.6 is 0 Å². The standard InChI is InChI=1S/C15H11FN2O/c16-12-6-7-13-14(8-12)17-10-18(15(13)19)9-11-4-2-1-3-5-11/h1-8,10H,9H2. The lowest BCUT2D eigenvalue weighted by atomic mass is 10.2. The van der Waals surface area contributed by atoms with Crippen LogP contribution in [0.5, 0.6) is 0 Å². The molecule has 19 heavy (non-hydrogen) atoms. The third kappa shape index (κ3) is 2.25. The first-order chi connectivity index (χ1) is 9.24. The molecule has 0 N–H and O–H groups in total. The smallest absolute Gasteiger partial charge is 0.261 e. The second kappa shape index (κ2) is 4.65. The van der Waals surface area contributed by atoms with Crippen LogP contribution in [0.2, 0.25) is 0 Å². The summed E-state index contributed by atoms with van der Waals surface area (Å²) in [5.41, 5.74) is 1.25. The van der Waals surface area contributed by atoms with Gasteiger partial charge in [0.15, 0.2) is 0 Å². The first-order valence-electron chi connectivity index (χ1n) is 5.93. The van der Waals surface area contributed by atoms with E-state index in [-0.39, 0.29) is 11.4 Å². The van der Waals surface area contributed by atoms with E-state index in [2.05, 4.69) is 4.98 Å². The van der Waals surface area contributed by atoms with E-state index in [1.54, 1.807) is 0 Å². The van der Waals surface area contributed by atoms with Crippen molar-refractivity contribution >= 4 is 10.9 Å². The summed E-state index contributed by atoms with van der Waals surface area (Å²) in [4.78, 5) is 16.4. The Morgan fingerprint density at radius 3 is 2.68 bits per heavy atom. The van der Waals surface area contributed by atoms with Crippen LogP contribution in [0.25, 0.3) is 10.9 Å². The maximum absolute atomic E-state index is 13.1. The molecule has 0 saturated heterocycles. The van der Waals surface area contributed by atoms with Gasteiger partial charge in [-0.15, -0.1) is 0 Å². The number of halogens is 1. The Morgan fingerprint density at radius 1 is 1.11 bits per heavy atom. The Kier molecular flexibility index (Phi) is 2.83. The van der Waals surface area contributed by atoms with E-state index in [9.17, 15) is 9.18 Å². The van der Waals surface area contributed by atoms with E-state index in [1.807, 2.05) is 30.3 Å². The van der Waals surface area contributed by atoms with Crippen molar-refractivity contribution in [2.75, 3.05) is 0 Å². The van der Waals surface area contributed by atoms with E-state index < -0.39 is 0 Å². The molecule has 0 aliphatic rings. The van der Waals surface area contributed by atoms with Crippen molar-refractivity contribution in [2.45, 2.75) is 6.54 Å². The second-order valence-corrected chi connectivity index (χ2v) is 4.32. The molecule has 0 bridgehead atoms. The summed E-state index contributed by atoms with van der Waals surface area (Å²) >= 11 is 0. The van der Waals surface area contributed by atoms with Crippen LogP contribution in [-0.4, -0.2) is 9.55 Å². The van der Waals surface area contributed by atoms with Crippen molar-refractivity contribution in [3.05, 3.63) is 76.6 Å². The van der Waals surface area contributed by atoms with Crippen molar-refractivity contribution in [1.82, 2.24) is 9.55 Å². The molecular weight excluding hydrogens is 243 g/mol. The molecule has 1 heterocycles. The topological polar surface area (TPSA) is 34.9 Å². The van der Waals surface area contributed by atoms with Gasteiger partial charge in [-0.1, -0.05) is 30.3 Å². The van der Waals surface area contributed by atoms with Crippen molar-refractivity contribution in [3.8, 4) is 0 Å². The largest absolute Gasteiger partial charge is 0.294 e. The first-order valence-corrected chi connectivity index (χ1v) is 5.93. The minimum Gasteiger partial charge on any atom is -0.294 e. The molecule has 0 unspecified atom stereocenters. The van der Waals surface area contributed by atoms with E-state index >= 15 is 0 Å². The highest BCUT2D eigenvalue weighted by Gasteiger charge is 2.05. The van der Waals surface area contributed by atoms with Crippen LogP contribution in [0.1, 0.15) is 5.56 Å². The number of rotatable bonds is 2. The zero-order valence-electron chi connectivity index (χ0n) is 10.1. The molecule has 0 radical (unpaired) electrons. The molecule has 0 saturated carbocycles. The predicted octanol–water partition coefficient (Wildman–Crippen LogP) is 2.58. The lowest BCUT2D eigenvalue weighted by molar-refractivity contribution is 0.629. The summed E-state index contributed by atoms with van der Waals surface area (Å²) in [6, 6.07) is 13.7. The molecule has 0 fully saturated rings. The third-order valence-corrected chi connectivity index (χ3v) is 2.98. The minimum atomic E-state index is -0.389. The predicted molar refractivity (Wildman–Crippen MR) is 71.5 cm³/mol. The van der Waals surface area contributed by atoms with Gasteiger partial charge in [0.05, 0.1) is 23.8 Å². The molecule has 0 aliphatic heterocycles. The van der Waals surface area contributed by atoms with E-state index in [4.69, 9.17) is 0 Å². The van der Waals surface area contributed by atoms with Gasteiger partial charge in [-0.3, -0.25) is 9.36 Å². The Bertz CT molecular complexity index is 781.